The molecule has 0 bridgehead atoms. The van der Waals surface area contributed by atoms with Gasteiger partial charge in [0.15, 0.2) is 6.17 Å². The highest BCUT2D eigenvalue weighted by Gasteiger charge is 2.53. The monoisotopic (exact) mass is 452 g/mol. The van der Waals surface area contributed by atoms with Gasteiger partial charge in [0.25, 0.3) is 5.91 Å². The van der Waals surface area contributed by atoms with Crippen LogP contribution in [-0.2, 0) is 16.4 Å². The number of alkyl halides is 3. The van der Waals surface area contributed by atoms with Crippen molar-refractivity contribution in [2.45, 2.75) is 44.4 Å². The van der Waals surface area contributed by atoms with Gasteiger partial charge in [-0.2, -0.15) is 23.4 Å². The molecular formula is C25H23F3N4O. The molecule has 5 nitrogen and oxygen atoms in total. The third-order valence-electron chi connectivity index (χ3n) is 6.81. The van der Waals surface area contributed by atoms with E-state index in [0.29, 0.717) is 36.1 Å². The first-order valence-electron chi connectivity index (χ1n) is 10.9. The molecule has 170 valence electrons. The molecule has 0 aliphatic carbocycles. The number of nitrogens with zero attached hydrogens (tertiary/aromatic N) is 3. The number of nitrogens with one attached hydrogen (secondary N) is 1. The summed E-state index contributed by atoms with van der Waals surface area (Å²) in [5, 5.41) is 11.6. The summed E-state index contributed by atoms with van der Waals surface area (Å²) in [5.74, 6) is -0.210. The number of fused-ring (bicyclic) bond motifs is 1. The van der Waals surface area contributed by atoms with E-state index in [0.717, 1.165) is 29.1 Å². The number of hydrogen-bond donors (Lipinski definition) is 1. The Morgan fingerprint density at radius 3 is 2.64 bits per heavy atom. The molecule has 8 heteroatoms. The maximum absolute atomic E-state index is 14.0. The Labute approximate surface area is 189 Å². The molecule has 0 saturated carbocycles. The zero-order valence-electron chi connectivity index (χ0n) is 18.3. The Kier molecular flexibility index (Phi) is 4.92. The first-order chi connectivity index (χ1) is 15.8. The number of hydrogen-bond acceptors (Lipinski definition) is 4. The van der Waals surface area contributed by atoms with Crippen LogP contribution in [0.4, 0.5) is 18.9 Å². The van der Waals surface area contributed by atoms with Crippen molar-refractivity contribution in [3.8, 4) is 0 Å². The fourth-order valence-corrected chi connectivity index (χ4v) is 5.18. The second kappa shape index (κ2) is 7.57. The van der Waals surface area contributed by atoms with Gasteiger partial charge in [0, 0.05) is 29.9 Å². The highest BCUT2D eigenvalue weighted by Crippen LogP contribution is 2.51. The lowest BCUT2D eigenvalue weighted by molar-refractivity contribution is -0.137. The molecule has 33 heavy (non-hydrogen) atoms. The number of carbonyl (C=O) groups excluding carboxylic acids is 1. The molecule has 0 spiro atoms. The van der Waals surface area contributed by atoms with Crippen molar-refractivity contribution in [1.82, 2.24) is 5.32 Å². The molecule has 3 aliphatic rings. The van der Waals surface area contributed by atoms with E-state index < -0.39 is 23.3 Å². The molecule has 1 N–H and O–H groups in total. The van der Waals surface area contributed by atoms with Crippen LogP contribution >= 0.6 is 0 Å². The van der Waals surface area contributed by atoms with Gasteiger partial charge < -0.3 is 10.2 Å². The van der Waals surface area contributed by atoms with E-state index in [-0.39, 0.29) is 5.91 Å². The number of carbonyl (C=O) groups is 1. The zero-order chi connectivity index (χ0) is 23.4. The molecule has 2 aromatic carbocycles. The van der Waals surface area contributed by atoms with Crippen LogP contribution in [0.2, 0.25) is 0 Å². The van der Waals surface area contributed by atoms with Crippen LogP contribution in [0, 0.1) is 6.92 Å². The van der Waals surface area contributed by atoms with Crippen LogP contribution < -0.4 is 10.2 Å². The van der Waals surface area contributed by atoms with Crippen molar-refractivity contribution in [3.63, 3.8) is 0 Å². The van der Waals surface area contributed by atoms with Gasteiger partial charge in [-0.05, 0) is 37.1 Å². The maximum Gasteiger partial charge on any atom is 0.416 e. The van der Waals surface area contributed by atoms with Crippen LogP contribution in [0.15, 0.2) is 81.8 Å². The van der Waals surface area contributed by atoms with Crippen molar-refractivity contribution < 1.29 is 18.0 Å². The van der Waals surface area contributed by atoms with E-state index in [1.54, 1.807) is 17.2 Å². The lowest BCUT2D eigenvalue weighted by Crippen LogP contribution is -2.54. The van der Waals surface area contributed by atoms with Gasteiger partial charge in [-0.15, -0.1) is 0 Å². The van der Waals surface area contributed by atoms with E-state index in [2.05, 4.69) is 15.5 Å². The quantitative estimate of drug-likeness (QED) is 0.656. The van der Waals surface area contributed by atoms with E-state index in [4.69, 9.17) is 0 Å². The van der Waals surface area contributed by atoms with Crippen molar-refractivity contribution in [3.05, 3.63) is 88.3 Å². The standard InChI is InChI=1S/C25H23F3N4O/c1-3-24(16-5-4-6-17(13-16)25(26,27)28)19-14-29-31-22(19)30-20-11-12-32(23(33)21(20)24)18-9-7-15(2)8-10-18/h4-10,13-14,22,30H,3,11-12H2,1-2H3/t22?,24-/m0/s1. The van der Waals surface area contributed by atoms with Crippen LogP contribution in [-0.4, -0.2) is 18.6 Å². The number of halogens is 3. The summed E-state index contributed by atoms with van der Waals surface area (Å²) in [6.07, 6.45) is -2.44. The van der Waals surface area contributed by atoms with Crippen LogP contribution in [0.25, 0.3) is 0 Å². The molecule has 0 aromatic heterocycles. The summed E-state index contributed by atoms with van der Waals surface area (Å²) < 4.78 is 40.8. The Morgan fingerprint density at radius 2 is 1.94 bits per heavy atom. The smallest absolute Gasteiger partial charge is 0.362 e. The van der Waals surface area contributed by atoms with Gasteiger partial charge in [0.1, 0.15) is 0 Å². The third kappa shape index (κ3) is 3.27. The van der Waals surface area contributed by atoms with E-state index in [1.807, 2.05) is 38.1 Å². The molecule has 2 aromatic rings. The second-order valence-corrected chi connectivity index (χ2v) is 8.60. The van der Waals surface area contributed by atoms with Gasteiger partial charge in [-0.1, -0.05) is 42.8 Å². The average Bonchev–Trinajstić information content (AvgIpc) is 3.27. The van der Waals surface area contributed by atoms with Gasteiger partial charge in [0.2, 0.25) is 0 Å². The maximum atomic E-state index is 14.0. The molecule has 3 aliphatic heterocycles. The van der Waals surface area contributed by atoms with Crippen LogP contribution in [0.1, 0.15) is 36.5 Å². The normalized spacial score (nSPS) is 24.4. The van der Waals surface area contributed by atoms with Gasteiger partial charge in [-0.3, -0.25) is 4.79 Å². The van der Waals surface area contributed by atoms with E-state index in [1.165, 1.54) is 6.07 Å². The van der Waals surface area contributed by atoms with E-state index in [9.17, 15) is 18.0 Å². The second-order valence-electron chi connectivity index (χ2n) is 8.60. The summed E-state index contributed by atoms with van der Waals surface area (Å²) in [5.41, 5.74) is 2.38. The molecule has 1 amide bonds. The molecule has 1 unspecified atom stereocenters. The zero-order valence-corrected chi connectivity index (χ0v) is 18.3. The third-order valence-corrected chi connectivity index (χ3v) is 6.81. The van der Waals surface area contributed by atoms with Gasteiger partial charge in [0.05, 0.1) is 22.8 Å². The lowest BCUT2D eigenvalue weighted by Gasteiger charge is -2.47. The van der Waals surface area contributed by atoms with Crippen molar-refractivity contribution in [2.75, 3.05) is 11.4 Å². The SMILES string of the molecule is CC[C@]1(c2cccc(C(F)(F)F)c2)C2=CN=NC2NC2=C1C(=O)N(c1ccc(C)cc1)CC2. The summed E-state index contributed by atoms with van der Waals surface area (Å²) in [6.45, 7) is 4.34. The highest BCUT2D eigenvalue weighted by molar-refractivity contribution is 6.09. The number of aryl methyl sites for hydroxylation is 1. The first kappa shape index (κ1) is 21.4. The molecule has 0 radical (unpaired) electrons. The number of benzene rings is 2. The number of anilines is 1. The molecular weight excluding hydrogens is 429 g/mol. The Bertz CT molecular complexity index is 1210. The molecule has 5 rings (SSSR count). The fourth-order valence-electron chi connectivity index (χ4n) is 5.18. The largest absolute Gasteiger partial charge is 0.416 e. The Balaban J connectivity index is 1.70. The first-order valence-corrected chi connectivity index (χ1v) is 10.9. The molecule has 0 fully saturated rings. The topological polar surface area (TPSA) is 57.1 Å². The summed E-state index contributed by atoms with van der Waals surface area (Å²) >= 11 is 0. The van der Waals surface area contributed by atoms with E-state index >= 15 is 0 Å². The summed E-state index contributed by atoms with van der Waals surface area (Å²) in [6, 6.07) is 13.0. The predicted molar refractivity (Wildman–Crippen MR) is 118 cm³/mol. The molecule has 2 atom stereocenters. The summed E-state index contributed by atoms with van der Waals surface area (Å²) in [7, 11) is 0. The Hall–Kier alpha value is -3.42. The average molecular weight is 452 g/mol. The number of rotatable bonds is 3. The fraction of sp³-hybridized carbons (Fsp3) is 0.320. The number of amides is 1. The highest BCUT2D eigenvalue weighted by atomic mass is 19.4. The minimum atomic E-state index is -4.49. The number of azo groups is 1. The molecule has 0 saturated heterocycles. The van der Waals surface area contributed by atoms with Crippen molar-refractivity contribution in [2.24, 2.45) is 10.2 Å². The minimum Gasteiger partial charge on any atom is -0.362 e. The molecule has 3 heterocycles. The summed E-state index contributed by atoms with van der Waals surface area (Å²) in [4.78, 5) is 15.7. The Morgan fingerprint density at radius 1 is 1.18 bits per heavy atom. The van der Waals surface area contributed by atoms with Crippen LogP contribution in [0.5, 0.6) is 0 Å². The van der Waals surface area contributed by atoms with Crippen LogP contribution in [0.3, 0.4) is 0 Å². The van der Waals surface area contributed by atoms with Crippen molar-refractivity contribution >= 4 is 11.6 Å². The van der Waals surface area contributed by atoms with Gasteiger partial charge >= 0.3 is 6.18 Å². The van der Waals surface area contributed by atoms with Gasteiger partial charge in [-0.25, -0.2) is 0 Å². The lowest BCUT2D eigenvalue weighted by atomic mass is 9.62. The minimum absolute atomic E-state index is 0.210. The van der Waals surface area contributed by atoms with Crippen molar-refractivity contribution in [1.29, 1.82) is 0 Å². The predicted octanol–water partition coefficient (Wildman–Crippen LogP) is 5.63.